The second kappa shape index (κ2) is 48.6. The minimum Gasteiger partial charge on any atom is -0.480 e. The lowest BCUT2D eigenvalue weighted by molar-refractivity contribution is -0.147. The minimum atomic E-state index is -4.77. The number of phosphoric ester groups is 1. The Morgan fingerprint density at radius 2 is 0.833 bits per heavy atom. The highest BCUT2D eigenvalue weighted by atomic mass is 31.2. The average molecular weight is 950 g/mol. The van der Waals surface area contributed by atoms with Crippen LogP contribution in [0, 0.1) is 0 Å². The zero-order chi connectivity index (χ0) is 48.4. The van der Waals surface area contributed by atoms with Crippen LogP contribution < -0.4 is 5.32 Å². The van der Waals surface area contributed by atoms with Crippen LogP contribution in [0.1, 0.15) is 232 Å². The first-order chi connectivity index (χ1) is 32.1. The zero-order valence-electron chi connectivity index (χ0n) is 41.7. The first-order valence-electron chi connectivity index (χ1n) is 26.3. The van der Waals surface area contributed by atoms with E-state index in [1.54, 1.807) is 0 Å². The number of allylic oxidation sites excluding steroid dienone is 10. The van der Waals surface area contributed by atoms with Gasteiger partial charge < -0.3 is 25.2 Å². The Morgan fingerprint density at radius 1 is 0.485 bits per heavy atom. The summed E-state index contributed by atoms with van der Waals surface area (Å²) in [6, 6.07) is -1.56. The number of nitrogens with one attached hydrogen (secondary N) is 1. The molecule has 12 heteroatoms. The molecule has 3 atom stereocenters. The van der Waals surface area contributed by atoms with E-state index >= 15 is 0 Å². The molecule has 0 aromatic heterocycles. The lowest BCUT2D eigenvalue weighted by Crippen LogP contribution is -2.43. The second-order valence-corrected chi connectivity index (χ2v) is 19.2. The molecule has 3 unspecified atom stereocenters. The standard InChI is InChI=1S/C54H96NO10P/c1-3-5-7-9-11-13-15-17-19-21-23-25-27-29-31-33-35-37-39-41-43-45-52(57)55-51(54(59)60)49-65-66(61,62)64-48-50(56)47-63-53(58)46-44-42-40-38-36-34-32-30-28-26-24-22-20-18-16-14-12-10-8-6-4-2/h11,13,17-20,23,25,29,31,50-51,56H,3-10,12,14-16,21-22,24,26-28,30,32-49H2,1-2H3,(H,55,57)(H,59,60)(H,61,62)/b13-11-,19-17-,20-18+,25-23-,31-29-. The maximum atomic E-state index is 12.4. The number of hydrogen-bond acceptors (Lipinski definition) is 8. The van der Waals surface area contributed by atoms with Gasteiger partial charge in [-0.15, -0.1) is 0 Å². The minimum absolute atomic E-state index is 0.122. The third-order valence-corrected chi connectivity index (χ3v) is 12.2. The summed E-state index contributed by atoms with van der Waals surface area (Å²) in [5.74, 6) is -2.40. The smallest absolute Gasteiger partial charge is 0.472 e. The number of aliphatic hydroxyl groups excluding tert-OH is 1. The van der Waals surface area contributed by atoms with Gasteiger partial charge in [0.15, 0.2) is 6.04 Å². The van der Waals surface area contributed by atoms with Crippen molar-refractivity contribution in [1.29, 1.82) is 0 Å². The van der Waals surface area contributed by atoms with Crippen molar-refractivity contribution in [3.8, 4) is 0 Å². The number of carbonyl (C=O) groups is 3. The number of aliphatic hydroxyl groups is 1. The number of amides is 1. The van der Waals surface area contributed by atoms with Crippen molar-refractivity contribution < 1.29 is 47.8 Å². The molecule has 0 saturated carbocycles. The van der Waals surface area contributed by atoms with Crippen LogP contribution in [-0.4, -0.2) is 64.9 Å². The fourth-order valence-corrected chi connectivity index (χ4v) is 7.95. The van der Waals surface area contributed by atoms with Crippen LogP contribution in [0.4, 0.5) is 0 Å². The molecule has 0 aliphatic rings. The number of phosphoric acid groups is 1. The van der Waals surface area contributed by atoms with E-state index in [9.17, 15) is 34.1 Å². The lowest BCUT2D eigenvalue weighted by atomic mass is 10.0. The molecule has 0 heterocycles. The fourth-order valence-electron chi connectivity index (χ4n) is 7.18. The third-order valence-electron chi connectivity index (χ3n) is 11.3. The molecule has 0 fully saturated rings. The van der Waals surface area contributed by atoms with Crippen molar-refractivity contribution in [3.05, 3.63) is 60.8 Å². The molecule has 11 nitrogen and oxygen atoms in total. The topological polar surface area (TPSA) is 169 Å². The Bertz CT molecular complexity index is 1350. The molecule has 66 heavy (non-hydrogen) atoms. The first-order valence-corrected chi connectivity index (χ1v) is 27.8. The van der Waals surface area contributed by atoms with Crippen molar-refractivity contribution in [1.82, 2.24) is 5.32 Å². The molecule has 382 valence electrons. The van der Waals surface area contributed by atoms with Crippen LogP contribution in [-0.2, 0) is 32.7 Å². The van der Waals surface area contributed by atoms with E-state index in [0.29, 0.717) is 12.8 Å². The van der Waals surface area contributed by atoms with E-state index in [2.05, 4.69) is 79.9 Å². The summed E-state index contributed by atoms with van der Waals surface area (Å²) in [7, 11) is -4.77. The van der Waals surface area contributed by atoms with Crippen LogP contribution in [0.25, 0.3) is 0 Å². The summed E-state index contributed by atoms with van der Waals surface area (Å²) in [5, 5.41) is 21.9. The number of aliphatic carboxylic acids is 1. The Kier molecular flexibility index (Phi) is 46.6. The monoisotopic (exact) mass is 950 g/mol. The number of carboxylic acids is 1. The van der Waals surface area contributed by atoms with Gasteiger partial charge >= 0.3 is 19.8 Å². The number of esters is 1. The van der Waals surface area contributed by atoms with Crippen molar-refractivity contribution in [3.63, 3.8) is 0 Å². The van der Waals surface area contributed by atoms with Crippen LogP contribution in [0.2, 0.25) is 0 Å². The van der Waals surface area contributed by atoms with E-state index < -0.39 is 57.6 Å². The van der Waals surface area contributed by atoms with E-state index in [4.69, 9.17) is 13.8 Å². The number of hydrogen-bond donors (Lipinski definition) is 4. The molecule has 0 spiro atoms. The molecule has 0 aliphatic heterocycles. The van der Waals surface area contributed by atoms with Gasteiger partial charge in [0.1, 0.15) is 12.7 Å². The molecule has 0 aromatic carbocycles. The van der Waals surface area contributed by atoms with E-state index in [0.717, 1.165) is 70.6 Å². The molecule has 0 aromatic rings. The Balaban J connectivity index is 3.86. The van der Waals surface area contributed by atoms with Gasteiger partial charge in [0.05, 0.1) is 13.2 Å². The van der Waals surface area contributed by atoms with Gasteiger partial charge in [-0.1, -0.05) is 197 Å². The molecule has 1 amide bonds. The largest absolute Gasteiger partial charge is 0.480 e. The molecular weight excluding hydrogens is 854 g/mol. The average Bonchev–Trinajstić information content (AvgIpc) is 3.29. The van der Waals surface area contributed by atoms with Gasteiger partial charge in [-0.05, 0) is 83.5 Å². The normalized spacial score (nSPS) is 14.0. The summed E-state index contributed by atoms with van der Waals surface area (Å²) in [6.07, 6.45) is 58.1. The van der Waals surface area contributed by atoms with Crippen LogP contribution >= 0.6 is 7.82 Å². The molecule has 0 saturated heterocycles. The van der Waals surface area contributed by atoms with Gasteiger partial charge in [0.2, 0.25) is 5.91 Å². The number of ether oxygens (including phenoxy) is 1. The van der Waals surface area contributed by atoms with Crippen LogP contribution in [0.5, 0.6) is 0 Å². The Hall–Kier alpha value is -2.82. The fraction of sp³-hybridized carbons (Fsp3) is 0.759. The zero-order valence-corrected chi connectivity index (χ0v) is 42.6. The number of carboxylic acid groups (broad SMARTS) is 1. The molecule has 4 N–H and O–H groups in total. The summed E-state index contributed by atoms with van der Waals surface area (Å²) in [6.45, 7) is 2.58. The third kappa shape index (κ3) is 47.7. The van der Waals surface area contributed by atoms with Gasteiger partial charge in [-0.2, -0.15) is 0 Å². The second-order valence-electron chi connectivity index (χ2n) is 17.7. The number of unbranched alkanes of at least 4 members (excludes halogenated alkanes) is 25. The maximum Gasteiger partial charge on any atom is 0.472 e. The van der Waals surface area contributed by atoms with Gasteiger partial charge in [-0.3, -0.25) is 18.6 Å². The first kappa shape index (κ1) is 63.2. The molecular formula is C54H96NO10P. The van der Waals surface area contributed by atoms with E-state index in [1.807, 2.05) is 0 Å². The predicted molar refractivity (Wildman–Crippen MR) is 272 cm³/mol. The SMILES string of the molecule is CCCCC/C=C\C/C=C\C/C=C\C/C=C\CCCCCCCC(=O)NC(COP(=O)(O)OCC(O)COC(=O)CCCCCCCCCCCCC/C=C/CCCCCCCC)C(=O)O. The Morgan fingerprint density at radius 3 is 1.29 bits per heavy atom. The summed E-state index contributed by atoms with van der Waals surface area (Å²) in [5.41, 5.74) is 0. The lowest BCUT2D eigenvalue weighted by Gasteiger charge is -2.18. The highest BCUT2D eigenvalue weighted by Gasteiger charge is 2.28. The molecule has 0 rings (SSSR count). The Labute approximate surface area is 402 Å². The summed E-state index contributed by atoms with van der Waals surface area (Å²) in [4.78, 5) is 46.2. The molecule has 0 aliphatic carbocycles. The number of carbonyl (C=O) groups excluding carboxylic acids is 2. The van der Waals surface area contributed by atoms with Gasteiger partial charge in [0, 0.05) is 12.8 Å². The highest BCUT2D eigenvalue weighted by Crippen LogP contribution is 2.43. The van der Waals surface area contributed by atoms with E-state index in [1.165, 1.54) is 122 Å². The quantitative estimate of drug-likeness (QED) is 0.0199. The summed E-state index contributed by atoms with van der Waals surface area (Å²) < 4.78 is 27.0. The van der Waals surface area contributed by atoms with Crippen molar-refractivity contribution >= 4 is 25.7 Å². The van der Waals surface area contributed by atoms with Crippen molar-refractivity contribution in [2.75, 3.05) is 19.8 Å². The van der Waals surface area contributed by atoms with E-state index in [-0.39, 0.29) is 12.8 Å². The van der Waals surface area contributed by atoms with Crippen LogP contribution in [0.3, 0.4) is 0 Å². The van der Waals surface area contributed by atoms with Gasteiger partial charge in [-0.25, -0.2) is 9.36 Å². The molecule has 0 radical (unpaired) electrons. The summed E-state index contributed by atoms with van der Waals surface area (Å²) >= 11 is 0. The van der Waals surface area contributed by atoms with Gasteiger partial charge in [0.25, 0.3) is 0 Å². The predicted octanol–water partition coefficient (Wildman–Crippen LogP) is 14.7. The van der Waals surface area contributed by atoms with Crippen molar-refractivity contribution in [2.24, 2.45) is 0 Å². The molecule has 0 bridgehead atoms. The van der Waals surface area contributed by atoms with Crippen LogP contribution in [0.15, 0.2) is 60.8 Å². The maximum absolute atomic E-state index is 12.4. The van der Waals surface area contributed by atoms with Crippen molar-refractivity contribution in [2.45, 2.75) is 244 Å². The highest BCUT2D eigenvalue weighted by molar-refractivity contribution is 7.47. The number of rotatable bonds is 49.